The molecule has 0 saturated heterocycles. The Morgan fingerprint density at radius 3 is 2.14 bits per heavy atom. The third-order valence-corrected chi connectivity index (χ3v) is 9.38. The van der Waals surface area contributed by atoms with Crippen molar-refractivity contribution in [1.29, 1.82) is 0 Å². The van der Waals surface area contributed by atoms with Crippen molar-refractivity contribution in [1.82, 2.24) is 0 Å². The molecule has 2 nitrogen and oxygen atoms in total. The van der Waals surface area contributed by atoms with Gasteiger partial charge in [0.15, 0.2) is 5.58 Å². The van der Waals surface area contributed by atoms with Crippen LogP contribution in [0.5, 0.6) is 0 Å². The highest BCUT2D eigenvalue weighted by molar-refractivity contribution is 9.10. The number of halogens is 1. The van der Waals surface area contributed by atoms with Gasteiger partial charge in [-0.05, 0) is 80.1 Å². The lowest BCUT2D eigenvalue weighted by Gasteiger charge is -2.30. The van der Waals surface area contributed by atoms with Crippen LogP contribution < -0.4 is 4.90 Å². The smallest absolute Gasteiger partial charge is 0.151 e. The summed E-state index contributed by atoms with van der Waals surface area (Å²) in [5.74, 6) is 0. The fourth-order valence-electron chi connectivity index (χ4n) is 6.74. The Morgan fingerprint density at radius 2 is 1.29 bits per heavy atom. The Morgan fingerprint density at radius 1 is 0.595 bits per heavy atom. The Bertz CT molecular complexity index is 2140. The molecule has 0 radical (unpaired) electrons. The van der Waals surface area contributed by atoms with Crippen LogP contribution in [0.1, 0.15) is 25.0 Å². The Labute approximate surface area is 254 Å². The van der Waals surface area contributed by atoms with E-state index in [-0.39, 0.29) is 5.41 Å². The molecule has 0 aliphatic heterocycles. The fraction of sp³-hybridized carbons (Fsp3) is 0.0769. The molecular weight excluding hydrogens is 578 g/mol. The van der Waals surface area contributed by atoms with Gasteiger partial charge in [0.05, 0.1) is 21.2 Å². The van der Waals surface area contributed by atoms with Crippen molar-refractivity contribution in [3.8, 4) is 22.3 Å². The van der Waals surface area contributed by atoms with Crippen LogP contribution in [0.3, 0.4) is 0 Å². The lowest BCUT2D eigenvalue weighted by atomic mass is 9.82. The van der Waals surface area contributed by atoms with E-state index in [0.29, 0.717) is 0 Å². The molecule has 1 aliphatic carbocycles. The third kappa shape index (κ3) is 3.70. The summed E-state index contributed by atoms with van der Waals surface area (Å²) in [6.07, 6.45) is 0. The van der Waals surface area contributed by atoms with E-state index in [2.05, 4.69) is 156 Å². The Hall–Kier alpha value is -4.60. The molecule has 42 heavy (non-hydrogen) atoms. The summed E-state index contributed by atoms with van der Waals surface area (Å²) in [6, 6.07) is 47.8. The van der Waals surface area contributed by atoms with Gasteiger partial charge in [-0.25, -0.2) is 0 Å². The van der Waals surface area contributed by atoms with Gasteiger partial charge < -0.3 is 9.32 Å². The van der Waals surface area contributed by atoms with Gasteiger partial charge in [0.1, 0.15) is 5.58 Å². The summed E-state index contributed by atoms with van der Waals surface area (Å²) in [4.78, 5) is 2.42. The zero-order valence-electron chi connectivity index (χ0n) is 23.4. The second-order valence-electron chi connectivity index (χ2n) is 11.5. The molecule has 1 aromatic heterocycles. The van der Waals surface area contributed by atoms with Crippen molar-refractivity contribution in [3.05, 3.63) is 149 Å². The molecule has 0 N–H and O–H groups in total. The predicted octanol–water partition coefficient (Wildman–Crippen LogP) is 11.8. The van der Waals surface area contributed by atoms with Gasteiger partial charge in [0.25, 0.3) is 0 Å². The maximum absolute atomic E-state index is 6.44. The van der Waals surface area contributed by atoms with Crippen LogP contribution in [0.15, 0.2) is 142 Å². The molecule has 1 heterocycles. The molecule has 3 heteroatoms. The summed E-state index contributed by atoms with van der Waals surface area (Å²) in [5, 5.41) is 2.19. The third-order valence-electron chi connectivity index (χ3n) is 8.75. The van der Waals surface area contributed by atoms with Gasteiger partial charge >= 0.3 is 0 Å². The van der Waals surface area contributed by atoms with Gasteiger partial charge in [0, 0.05) is 22.1 Å². The Kier molecular flexibility index (Phi) is 5.67. The van der Waals surface area contributed by atoms with E-state index in [0.717, 1.165) is 43.5 Å². The summed E-state index contributed by atoms with van der Waals surface area (Å²) < 4.78 is 7.38. The second-order valence-corrected chi connectivity index (χ2v) is 12.3. The summed E-state index contributed by atoms with van der Waals surface area (Å²) in [7, 11) is 0. The monoisotopic (exact) mass is 605 g/mol. The van der Waals surface area contributed by atoms with Crippen molar-refractivity contribution >= 4 is 54.9 Å². The van der Waals surface area contributed by atoms with Gasteiger partial charge in [-0.15, -0.1) is 0 Å². The van der Waals surface area contributed by atoms with Crippen molar-refractivity contribution in [3.63, 3.8) is 0 Å². The van der Waals surface area contributed by atoms with E-state index in [1.165, 1.54) is 33.4 Å². The SMILES string of the molecule is CC1(C)c2ccccc2-c2ccc(N(c3ccccc3-c3ccccc3)c3ccc(Br)c4oc5ccccc5c34)cc21. The number of para-hydroxylation sites is 2. The number of anilines is 3. The normalized spacial score (nSPS) is 13.3. The zero-order chi connectivity index (χ0) is 28.4. The van der Waals surface area contributed by atoms with Gasteiger partial charge in [0.2, 0.25) is 0 Å². The highest BCUT2D eigenvalue weighted by Gasteiger charge is 2.36. The highest BCUT2D eigenvalue weighted by atomic mass is 79.9. The first-order valence-corrected chi connectivity index (χ1v) is 15.1. The topological polar surface area (TPSA) is 16.4 Å². The summed E-state index contributed by atoms with van der Waals surface area (Å²) in [6.45, 7) is 4.68. The van der Waals surface area contributed by atoms with E-state index in [9.17, 15) is 0 Å². The molecule has 6 aromatic carbocycles. The molecule has 0 atom stereocenters. The summed E-state index contributed by atoms with van der Waals surface area (Å²) >= 11 is 3.78. The zero-order valence-corrected chi connectivity index (χ0v) is 25.0. The minimum absolute atomic E-state index is 0.107. The van der Waals surface area contributed by atoms with E-state index in [1.54, 1.807) is 0 Å². The number of furan rings is 1. The molecular formula is C39H28BrNO. The molecule has 0 amide bonds. The van der Waals surface area contributed by atoms with Crippen LogP contribution in [-0.2, 0) is 5.41 Å². The van der Waals surface area contributed by atoms with Crippen molar-refractivity contribution in [2.75, 3.05) is 4.90 Å². The van der Waals surface area contributed by atoms with Gasteiger partial charge in [-0.2, -0.15) is 0 Å². The number of nitrogens with zero attached hydrogens (tertiary/aromatic N) is 1. The number of rotatable bonds is 4. The minimum Gasteiger partial charge on any atom is -0.455 e. The van der Waals surface area contributed by atoms with Crippen LogP contribution in [0, 0.1) is 0 Å². The first-order chi connectivity index (χ1) is 20.5. The quantitative estimate of drug-likeness (QED) is 0.198. The molecule has 0 fully saturated rings. The van der Waals surface area contributed by atoms with Crippen LogP contribution in [0.4, 0.5) is 17.1 Å². The maximum atomic E-state index is 6.44. The molecule has 0 bridgehead atoms. The van der Waals surface area contributed by atoms with Crippen LogP contribution >= 0.6 is 15.9 Å². The molecule has 202 valence electrons. The largest absolute Gasteiger partial charge is 0.455 e. The van der Waals surface area contributed by atoms with E-state index >= 15 is 0 Å². The van der Waals surface area contributed by atoms with Crippen molar-refractivity contribution in [2.45, 2.75) is 19.3 Å². The van der Waals surface area contributed by atoms with Crippen molar-refractivity contribution < 1.29 is 4.42 Å². The van der Waals surface area contributed by atoms with E-state index < -0.39 is 0 Å². The Balaban J connectivity index is 1.45. The van der Waals surface area contributed by atoms with Crippen LogP contribution in [0.25, 0.3) is 44.2 Å². The van der Waals surface area contributed by atoms with E-state index in [4.69, 9.17) is 4.42 Å². The fourth-order valence-corrected chi connectivity index (χ4v) is 7.15. The maximum Gasteiger partial charge on any atom is 0.151 e. The number of benzene rings is 6. The molecule has 8 rings (SSSR count). The minimum atomic E-state index is -0.107. The van der Waals surface area contributed by atoms with Gasteiger partial charge in [-0.3, -0.25) is 0 Å². The molecule has 0 unspecified atom stereocenters. The number of hydrogen-bond acceptors (Lipinski definition) is 2. The molecule has 0 saturated carbocycles. The second kappa shape index (κ2) is 9.47. The first kappa shape index (κ1) is 25.1. The lowest BCUT2D eigenvalue weighted by Crippen LogP contribution is -2.17. The molecule has 7 aromatic rings. The molecule has 0 spiro atoms. The highest BCUT2D eigenvalue weighted by Crippen LogP contribution is 2.52. The van der Waals surface area contributed by atoms with Gasteiger partial charge in [-0.1, -0.05) is 111 Å². The molecule has 1 aliphatic rings. The average molecular weight is 607 g/mol. The number of fused-ring (bicyclic) bond motifs is 6. The van der Waals surface area contributed by atoms with Crippen LogP contribution in [0.2, 0.25) is 0 Å². The first-order valence-electron chi connectivity index (χ1n) is 14.3. The predicted molar refractivity (Wildman–Crippen MR) is 179 cm³/mol. The lowest BCUT2D eigenvalue weighted by molar-refractivity contribution is 0.660. The summed E-state index contributed by atoms with van der Waals surface area (Å²) in [5.41, 5.74) is 12.6. The standard InChI is InChI=1S/C39H28BrNO/c1-39(2)31-17-9-6-15-28(31)29-21-20-26(24-32(29)39)41(34-18-10-7-14-27(34)25-12-4-3-5-13-25)35-23-22-33(40)38-37(35)30-16-8-11-19-36(30)42-38/h3-24H,1-2H3. The van der Waals surface area contributed by atoms with Crippen LogP contribution in [-0.4, -0.2) is 0 Å². The van der Waals surface area contributed by atoms with Crippen molar-refractivity contribution in [2.24, 2.45) is 0 Å². The average Bonchev–Trinajstić information content (AvgIpc) is 3.53. The number of hydrogen-bond donors (Lipinski definition) is 0. The van der Waals surface area contributed by atoms with E-state index in [1.807, 2.05) is 12.1 Å².